The molecule has 2 aromatic heterocycles. The van der Waals surface area contributed by atoms with E-state index in [4.69, 9.17) is 0 Å². The lowest BCUT2D eigenvalue weighted by molar-refractivity contribution is -0.126. The summed E-state index contributed by atoms with van der Waals surface area (Å²) in [4.78, 5) is 16.5. The zero-order chi connectivity index (χ0) is 19.4. The number of hydrogen-bond donors (Lipinski definition) is 0. The molecule has 2 aromatic rings. The molecule has 1 amide bonds. The van der Waals surface area contributed by atoms with Crippen molar-refractivity contribution in [1.29, 1.82) is 0 Å². The molecule has 0 saturated carbocycles. The minimum absolute atomic E-state index is 0.0578. The van der Waals surface area contributed by atoms with Crippen molar-refractivity contribution in [2.75, 3.05) is 6.54 Å². The Balaban J connectivity index is 2.20. The molecule has 0 radical (unpaired) electrons. The van der Waals surface area contributed by atoms with Crippen LogP contribution in [0.1, 0.15) is 27.9 Å². The zero-order valence-corrected chi connectivity index (χ0v) is 16.7. The molecule has 4 nitrogen and oxygen atoms in total. The number of allylic oxidation sites excluding steroid dienone is 4. The van der Waals surface area contributed by atoms with E-state index in [9.17, 15) is 4.79 Å². The Morgan fingerprint density at radius 2 is 2.19 bits per heavy atom. The predicted octanol–water partition coefficient (Wildman–Crippen LogP) is 4.52. The first kappa shape index (κ1) is 18.9. The number of fused-ring (bicyclic) bond motifs is 1. The van der Waals surface area contributed by atoms with Gasteiger partial charge in [0.25, 0.3) is 0 Å². The Hall–Kier alpha value is -2.88. The quantitative estimate of drug-likeness (QED) is 0.446. The van der Waals surface area contributed by atoms with Crippen molar-refractivity contribution in [3.8, 4) is 0 Å². The topological polar surface area (TPSA) is 38.1 Å². The standard InChI is InChI=1S/C22H23N3OS/c1-5-7-8-9-17(20-10-11-23-24(20)4)13-18-14-25(22(26)6-2)15-21-19(18)12-16(3)27-21/h5-12H,2,14-15H2,1,3-4H3/b7-5-,9-8-. The number of nitrogens with zero attached hydrogens (tertiary/aromatic N) is 3. The third-order valence-electron chi connectivity index (χ3n) is 4.38. The van der Waals surface area contributed by atoms with Crippen LogP contribution in [0.4, 0.5) is 0 Å². The van der Waals surface area contributed by atoms with Crippen LogP contribution in [0.25, 0.3) is 11.1 Å². The van der Waals surface area contributed by atoms with Crippen molar-refractivity contribution >= 4 is 28.4 Å². The molecule has 0 N–H and O–H groups in total. The largest absolute Gasteiger partial charge is 0.329 e. The maximum Gasteiger partial charge on any atom is 0.246 e. The van der Waals surface area contributed by atoms with Crippen molar-refractivity contribution in [3.05, 3.63) is 82.0 Å². The Bertz CT molecular complexity index is 997. The fourth-order valence-electron chi connectivity index (χ4n) is 3.09. The second kappa shape index (κ2) is 8.21. The van der Waals surface area contributed by atoms with Gasteiger partial charge in [-0.15, -0.1) is 17.1 Å². The van der Waals surface area contributed by atoms with Gasteiger partial charge in [0, 0.05) is 39.7 Å². The number of rotatable bonds is 4. The van der Waals surface area contributed by atoms with Crippen molar-refractivity contribution in [1.82, 2.24) is 14.7 Å². The van der Waals surface area contributed by atoms with E-state index < -0.39 is 0 Å². The van der Waals surface area contributed by atoms with Gasteiger partial charge in [-0.05, 0) is 38.1 Å². The number of amides is 1. The molecular formula is C22H23N3OS. The van der Waals surface area contributed by atoms with Crippen LogP contribution in [0.3, 0.4) is 0 Å². The average Bonchev–Trinajstić information content (AvgIpc) is 3.24. The van der Waals surface area contributed by atoms with Crippen LogP contribution in [0.2, 0.25) is 0 Å². The van der Waals surface area contributed by atoms with E-state index in [1.165, 1.54) is 21.4 Å². The molecule has 3 rings (SSSR count). The summed E-state index contributed by atoms with van der Waals surface area (Å²) in [6, 6.07) is 4.16. The monoisotopic (exact) mass is 377 g/mol. The molecule has 138 valence electrons. The first-order valence-corrected chi connectivity index (χ1v) is 9.63. The van der Waals surface area contributed by atoms with Gasteiger partial charge >= 0.3 is 0 Å². The van der Waals surface area contributed by atoms with Gasteiger partial charge in [-0.2, -0.15) is 5.10 Å². The van der Waals surface area contributed by atoms with Crippen molar-refractivity contribution in [2.24, 2.45) is 7.05 Å². The SMILES string of the molecule is C=CC(=O)N1CC(=C=C(/C=C\C=C/C)c2ccnn2C)c2cc(C)sc2C1. The summed E-state index contributed by atoms with van der Waals surface area (Å²) >= 11 is 1.73. The highest BCUT2D eigenvalue weighted by Crippen LogP contribution is 2.34. The first-order valence-electron chi connectivity index (χ1n) is 8.82. The summed E-state index contributed by atoms with van der Waals surface area (Å²) < 4.78 is 1.83. The van der Waals surface area contributed by atoms with Crippen LogP contribution >= 0.6 is 11.3 Å². The number of hydrogen-bond acceptors (Lipinski definition) is 3. The minimum Gasteiger partial charge on any atom is -0.329 e. The smallest absolute Gasteiger partial charge is 0.246 e. The molecule has 0 atom stereocenters. The second-order valence-electron chi connectivity index (χ2n) is 6.33. The molecule has 0 aromatic carbocycles. The highest BCUT2D eigenvalue weighted by Gasteiger charge is 2.24. The van der Waals surface area contributed by atoms with Crippen LogP contribution in [-0.4, -0.2) is 27.1 Å². The molecule has 5 heteroatoms. The summed E-state index contributed by atoms with van der Waals surface area (Å²) in [6.07, 6.45) is 11.1. The van der Waals surface area contributed by atoms with Gasteiger partial charge < -0.3 is 4.90 Å². The van der Waals surface area contributed by atoms with Crippen LogP contribution in [0, 0.1) is 6.92 Å². The van der Waals surface area contributed by atoms with Crippen LogP contribution < -0.4 is 0 Å². The van der Waals surface area contributed by atoms with E-state index in [0.29, 0.717) is 13.1 Å². The Morgan fingerprint density at radius 3 is 2.85 bits per heavy atom. The van der Waals surface area contributed by atoms with Crippen molar-refractivity contribution in [3.63, 3.8) is 0 Å². The summed E-state index contributed by atoms with van der Waals surface area (Å²) in [5.41, 5.74) is 7.67. The van der Waals surface area contributed by atoms with Gasteiger partial charge in [-0.25, -0.2) is 0 Å². The molecule has 0 bridgehead atoms. The third-order valence-corrected chi connectivity index (χ3v) is 5.41. The lowest BCUT2D eigenvalue weighted by atomic mass is 10.00. The van der Waals surface area contributed by atoms with Gasteiger partial charge in [-0.3, -0.25) is 9.48 Å². The Kier molecular flexibility index (Phi) is 5.75. The van der Waals surface area contributed by atoms with Gasteiger partial charge in [0.2, 0.25) is 5.91 Å². The number of carbonyl (C=O) groups excluding carboxylic acids is 1. The molecule has 0 spiro atoms. The predicted molar refractivity (Wildman–Crippen MR) is 112 cm³/mol. The Morgan fingerprint density at radius 1 is 1.37 bits per heavy atom. The van der Waals surface area contributed by atoms with Crippen molar-refractivity contribution in [2.45, 2.75) is 20.4 Å². The summed E-state index contributed by atoms with van der Waals surface area (Å²) in [7, 11) is 1.92. The number of thiophene rings is 1. The van der Waals surface area contributed by atoms with E-state index in [-0.39, 0.29) is 5.91 Å². The number of aryl methyl sites for hydroxylation is 2. The first-order chi connectivity index (χ1) is 13.0. The van der Waals surface area contributed by atoms with Crippen LogP contribution in [0.5, 0.6) is 0 Å². The van der Waals surface area contributed by atoms with E-state index >= 15 is 0 Å². The summed E-state index contributed by atoms with van der Waals surface area (Å²) in [5, 5.41) is 4.28. The summed E-state index contributed by atoms with van der Waals surface area (Å²) in [6.45, 7) is 8.85. The molecule has 1 aliphatic rings. The third kappa shape index (κ3) is 4.11. The van der Waals surface area contributed by atoms with Crippen LogP contribution in [-0.2, 0) is 18.4 Å². The lowest BCUT2D eigenvalue weighted by Gasteiger charge is -2.27. The van der Waals surface area contributed by atoms with E-state index in [1.807, 2.05) is 53.9 Å². The molecule has 0 saturated heterocycles. The van der Waals surface area contributed by atoms with Crippen molar-refractivity contribution < 1.29 is 4.79 Å². The molecule has 1 aliphatic heterocycles. The summed E-state index contributed by atoms with van der Waals surface area (Å²) in [5.74, 6) is -0.0578. The fourth-order valence-corrected chi connectivity index (χ4v) is 4.17. The van der Waals surface area contributed by atoms with Crippen LogP contribution in [0.15, 0.2) is 61.0 Å². The molecule has 0 aliphatic carbocycles. The average molecular weight is 378 g/mol. The highest BCUT2D eigenvalue weighted by atomic mass is 32.1. The zero-order valence-electron chi connectivity index (χ0n) is 15.9. The minimum atomic E-state index is -0.0578. The maximum absolute atomic E-state index is 12.2. The molecule has 0 unspecified atom stereocenters. The number of aromatic nitrogens is 2. The van der Waals surface area contributed by atoms with E-state index in [2.05, 4.69) is 30.4 Å². The second-order valence-corrected chi connectivity index (χ2v) is 7.68. The van der Waals surface area contributed by atoms with Gasteiger partial charge in [0.05, 0.1) is 18.8 Å². The molecule has 3 heterocycles. The normalized spacial score (nSPS) is 13.9. The van der Waals surface area contributed by atoms with E-state index in [0.717, 1.165) is 16.8 Å². The van der Waals surface area contributed by atoms with E-state index in [1.54, 1.807) is 17.5 Å². The molecule has 0 fully saturated rings. The molecule has 27 heavy (non-hydrogen) atoms. The maximum atomic E-state index is 12.2. The number of carbonyl (C=O) groups is 1. The highest BCUT2D eigenvalue weighted by molar-refractivity contribution is 7.12. The molecular weight excluding hydrogens is 354 g/mol. The lowest BCUT2D eigenvalue weighted by Crippen LogP contribution is -2.33. The van der Waals surface area contributed by atoms with Gasteiger partial charge in [0.15, 0.2) is 0 Å². The fraction of sp³-hybridized carbons (Fsp3) is 0.227. The van der Waals surface area contributed by atoms with Gasteiger partial charge in [-0.1, -0.05) is 24.8 Å². The Labute approximate surface area is 164 Å². The van der Waals surface area contributed by atoms with Gasteiger partial charge in [0.1, 0.15) is 0 Å².